The molecule has 24 heavy (non-hydrogen) atoms. The van der Waals surface area contributed by atoms with Crippen LogP contribution in [0, 0.1) is 0 Å². The monoisotopic (exact) mass is 355 g/mol. The Kier molecular flexibility index (Phi) is 6.53. The Balaban J connectivity index is 1.93. The fourth-order valence-corrected chi connectivity index (χ4v) is 3.88. The van der Waals surface area contributed by atoms with Gasteiger partial charge in [0.25, 0.3) is 0 Å². The molecule has 0 bridgehead atoms. The van der Waals surface area contributed by atoms with Crippen LogP contribution in [0.25, 0.3) is 0 Å². The SMILES string of the molecule is CCOC(=O)N1CCN(C(=O)C2CSCN2C(=O)C=C(C)C)CC1. The molecule has 134 valence electrons. The van der Waals surface area contributed by atoms with E-state index in [1.165, 1.54) is 0 Å². The first kappa shape index (κ1) is 18.6. The van der Waals surface area contributed by atoms with Crippen LogP contribution in [0.3, 0.4) is 0 Å². The molecule has 0 aliphatic carbocycles. The summed E-state index contributed by atoms with van der Waals surface area (Å²) in [6, 6.07) is -0.410. The summed E-state index contributed by atoms with van der Waals surface area (Å²) in [4.78, 5) is 41.7. The lowest BCUT2D eigenvalue weighted by atomic mass is 10.2. The molecule has 1 atom stereocenters. The molecule has 0 aromatic carbocycles. The maximum absolute atomic E-state index is 12.8. The zero-order chi connectivity index (χ0) is 17.7. The molecule has 0 spiro atoms. The van der Waals surface area contributed by atoms with Crippen LogP contribution in [0.5, 0.6) is 0 Å². The van der Waals surface area contributed by atoms with Gasteiger partial charge in [-0.1, -0.05) is 5.57 Å². The molecule has 2 aliphatic rings. The number of hydrogen-bond donors (Lipinski definition) is 0. The largest absolute Gasteiger partial charge is 0.450 e. The van der Waals surface area contributed by atoms with Crippen molar-refractivity contribution in [2.24, 2.45) is 0 Å². The third-order valence-electron chi connectivity index (χ3n) is 3.98. The molecule has 7 nitrogen and oxygen atoms in total. The van der Waals surface area contributed by atoms with Gasteiger partial charge < -0.3 is 19.4 Å². The standard InChI is InChI=1S/C16H25N3O4S/c1-4-23-16(22)18-7-5-17(6-8-18)15(21)13-10-24-11-19(13)14(20)9-12(2)3/h9,13H,4-8,10-11H2,1-3H3. The van der Waals surface area contributed by atoms with Gasteiger partial charge in [0.2, 0.25) is 11.8 Å². The molecule has 3 amide bonds. The third kappa shape index (κ3) is 4.43. The van der Waals surface area contributed by atoms with Crippen LogP contribution < -0.4 is 0 Å². The smallest absolute Gasteiger partial charge is 0.409 e. The number of ether oxygens (including phenoxy) is 1. The van der Waals surface area contributed by atoms with Gasteiger partial charge in [-0.05, 0) is 20.8 Å². The lowest BCUT2D eigenvalue weighted by Gasteiger charge is -2.36. The molecule has 2 rings (SSSR count). The Morgan fingerprint density at radius 3 is 2.33 bits per heavy atom. The number of carbonyl (C=O) groups is 3. The molecular weight excluding hydrogens is 330 g/mol. The average molecular weight is 355 g/mol. The van der Waals surface area contributed by atoms with Crippen LogP contribution in [0.4, 0.5) is 4.79 Å². The van der Waals surface area contributed by atoms with Crippen LogP contribution in [-0.2, 0) is 14.3 Å². The van der Waals surface area contributed by atoms with Gasteiger partial charge in [0.15, 0.2) is 0 Å². The highest BCUT2D eigenvalue weighted by atomic mass is 32.2. The van der Waals surface area contributed by atoms with E-state index in [0.29, 0.717) is 44.4 Å². The molecule has 2 aliphatic heterocycles. The van der Waals surface area contributed by atoms with Gasteiger partial charge in [-0.25, -0.2) is 4.79 Å². The zero-order valence-corrected chi connectivity index (χ0v) is 15.3. The topological polar surface area (TPSA) is 70.2 Å². The quantitative estimate of drug-likeness (QED) is 0.711. The van der Waals surface area contributed by atoms with E-state index in [1.807, 2.05) is 13.8 Å². The van der Waals surface area contributed by atoms with Crippen molar-refractivity contribution in [3.63, 3.8) is 0 Å². The molecule has 0 saturated carbocycles. The second kappa shape index (κ2) is 8.41. The Morgan fingerprint density at radius 2 is 1.75 bits per heavy atom. The van der Waals surface area contributed by atoms with Crippen molar-refractivity contribution in [1.29, 1.82) is 0 Å². The van der Waals surface area contributed by atoms with E-state index in [9.17, 15) is 14.4 Å². The summed E-state index contributed by atoms with van der Waals surface area (Å²) in [5, 5.41) is 0. The van der Waals surface area contributed by atoms with Crippen LogP contribution in [0.15, 0.2) is 11.6 Å². The lowest BCUT2D eigenvalue weighted by molar-refractivity contribution is -0.142. The van der Waals surface area contributed by atoms with E-state index < -0.39 is 6.04 Å². The Hall–Kier alpha value is -1.70. The van der Waals surface area contributed by atoms with Gasteiger partial charge in [0.05, 0.1) is 12.5 Å². The van der Waals surface area contributed by atoms with Gasteiger partial charge in [-0.15, -0.1) is 11.8 Å². The molecule has 2 saturated heterocycles. The van der Waals surface area contributed by atoms with Gasteiger partial charge >= 0.3 is 6.09 Å². The summed E-state index contributed by atoms with van der Waals surface area (Å²) in [7, 11) is 0. The minimum Gasteiger partial charge on any atom is -0.450 e. The van der Waals surface area contributed by atoms with Crippen molar-refractivity contribution in [1.82, 2.24) is 14.7 Å². The predicted molar refractivity (Wildman–Crippen MR) is 92.6 cm³/mol. The lowest BCUT2D eigenvalue weighted by Crippen LogP contribution is -2.55. The number of amides is 3. The third-order valence-corrected chi connectivity index (χ3v) is 4.99. The number of nitrogens with zero attached hydrogens (tertiary/aromatic N) is 3. The number of thioether (sulfide) groups is 1. The summed E-state index contributed by atoms with van der Waals surface area (Å²) in [6.07, 6.45) is 1.24. The molecular formula is C16H25N3O4S. The number of allylic oxidation sites excluding steroid dienone is 1. The van der Waals surface area contributed by atoms with Crippen molar-refractivity contribution in [2.45, 2.75) is 26.8 Å². The Morgan fingerprint density at radius 1 is 1.12 bits per heavy atom. The Bertz CT molecular complexity index is 525. The fraction of sp³-hybridized carbons (Fsp3) is 0.688. The molecule has 0 radical (unpaired) electrons. The molecule has 0 aromatic heterocycles. The summed E-state index contributed by atoms with van der Waals surface area (Å²) in [5.41, 5.74) is 0.922. The predicted octanol–water partition coefficient (Wildman–Crippen LogP) is 1.15. The highest BCUT2D eigenvalue weighted by Crippen LogP contribution is 2.23. The normalized spacial score (nSPS) is 20.8. The van der Waals surface area contributed by atoms with Gasteiger partial charge in [0.1, 0.15) is 6.04 Å². The van der Waals surface area contributed by atoms with E-state index in [4.69, 9.17) is 4.74 Å². The first-order valence-electron chi connectivity index (χ1n) is 8.17. The highest BCUT2D eigenvalue weighted by Gasteiger charge is 2.37. The number of piperazine rings is 1. The fourth-order valence-electron chi connectivity index (χ4n) is 2.73. The van der Waals surface area contributed by atoms with Crippen molar-refractivity contribution in [3.05, 3.63) is 11.6 Å². The van der Waals surface area contributed by atoms with E-state index in [2.05, 4.69) is 0 Å². The maximum Gasteiger partial charge on any atom is 0.409 e. The number of hydrogen-bond acceptors (Lipinski definition) is 5. The second-order valence-corrected chi connectivity index (χ2v) is 7.06. The minimum atomic E-state index is -0.410. The van der Waals surface area contributed by atoms with E-state index in [1.54, 1.807) is 39.5 Å². The Labute approximate surface area is 147 Å². The average Bonchev–Trinajstić information content (AvgIpc) is 3.03. The summed E-state index contributed by atoms with van der Waals surface area (Å²) in [6.45, 7) is 7.73. The summed E-state index contributed by atoms with van der Waals surface area (Å²) < 4.78 is 4.98. The van der Waals surface area contributed by atoms with Crippen LogP contribution in [0.1, 0.15) is 20.8 Å². The van der Waals surface area contributed by atoms with E-state index >= 15 is 0 Å². The molecule has 0 N–H and O–H groups in total. The summed E-state index contributed by atoms with van der Waals surface area (Å²) >= 11 is 1.59. The van der Waals surface area contributed by atoms with Crippen molar-refractivity contribution < 1.29 is 19.1 Å². The first-order valence-corrected chi connectivity index (χ1v) is 9.33. The number of carbonyl (C=O) groups excluding carboxylic acids is 3. The van der Waals surface area contributed by atoms with Gasteiger partial charge in [-0.2, -0.15) is 0 Å². The van der Waals surface area contributed by atoms with E-state index in [0.717, 1.165) is 5.57 Å². The van der Waals surface area contributed by atoms with E-state index in [-0.39, 0.29) is 17.9 Å². The van der Waals surface area contributed by atoms with Gasteiger partial charge in [-0.3, -0.25) is 9.59 Å². The van der Waals surface area contributed by atoms with Crippen molar-refractivity contribution in [3.8, 4) is 0 Å². The molecule has 2 fully saturated rings. The van der Waals surface area contributed by atoms with Gasteiger partial charge in [0, 0.05) is 38.0 Å². The molecule has 1 unspecified atom stereocenters. The molecule has 0 aromatic rings. The molecule has 2 heterocycles. The second-order valence-electron chi connectivity index (χ2n) is 6.06. The molecule has 8 heteroatoms. The zero-order valence-electron chi connectivity index (χ0n) is 14.5. The van der Waals surface area contributed by atoms with Crippen LogP contribution in [-0.4, -0.2) is 83.1 Å². The highest BCUT2D eigenvalue weighted by molar-refractivity contribution is 7.99. The number of rotatable bonds is 3. The van der Waals surface area contributed by atoms with Crippen LogP contribution >= 0.6 is 11.8 Å². The van der Waals surface area contributed by atoms with Crippen molar-refractivity contribution in [2.75, 3.05) is 44.4 Å². The minimum absolute atomic E-state index is 0.0287. The first-order chi connectivity index (χ1) is 11.4. The van der Waals surface area contributed by atoms with Crippen LogP contribution in [0.2, 0.25) is 0 Å². The van der Waals surface area contributed by atoms with Crippen molar-refractivity contribution >= 4 is 29.7 Å². The maximum atomic E-state index is 12.8. The summed E-state index contributed by atoms with van der Waals surface area (Å²) in [5.74, 6) is 1.03.